The van der Waals surface area contributed by atoms with Gasteiger partial charge in [0.1, 0.15) is 0 Å². The molecular weight excluding hydrogens is 649 g/mol. The van der Waals surface area contributed by atoms with Crippen molar-refractivity contribution in [1.82, 2.24) is 9.97 Å². The molecule has 0 unspecified atom stereocenters. The first-order valence-corrected chi connectivity index (χ1v) is 18.5. The van der Waals surface area contributed by atoms with Gasteiger partial charge in [0.05, 0.1) is 21.7 Å². The molecule has 0 N–H and O–H groups in total. The van der Waals surface area contributed by atoms with Gasteiger partial charge in [0, 0.05) is 15.8 Å². The maximum Gasteiger partial charge on any atom is 0.160 e. The molecule has 2 nitrogen and oxygen atoms in total. The molecule has 2 aromatic heterocycles. The van der Waals surface area contributed by atoms with Crippen LogP contribution in [0.4, 0.5) is 0 Å². The number of nitrogens with zero attached hydrogens (tertiary/aromatic N) is 2. The van der Waals surface area contributed by atoms with E-state index in [4.69, 9.17) is 9.97 Å². The number of fused-ring (bicyclic) bond motifs is 4. The Labute approximate surface area is 307 Å². The number of thiophene rings is 1. The van der Waals surface area contributed by atoms with E-state index in [1.807, 2.05) is 0 Å². The van der Waals surface area contributed by atoms with Crippen LogP contribution in [0.2, 0.25) is 0 Å². The van der Waals surface area contributed by atoms with E-state index < -0.39 is 5.41 Å². The van der Waals surface area contributed by atoms with Gasteiger partial charge in [-0.3, -0.25) is 0 Å². The average Bonchev–Trinajstić information content (AvgIpc) is 3.80. The Balaban J connectivity index is 1.25. The summed E-state index contributed by atoms with van der Waals surface area (Å²) in [7, 11) is 0. The van der Waals surface area contributed by atoms with Crippen molar-refractivity contribution in [3.05, 3.63) is 216 Å². The van der Waals surface area contributed by atoms with E-state index in [1.165, 1.54) is 49.0 Å². The highest BCUT2D eigenvalue weighted by atomic mass is 32.1. The Morgan fingerprint density at radius 2 is 0.981 bits per heavy atom. The van der Waals surface area contributed by atoms with Crippen LogP contribution in [0.15, 0.2) is 194 Å². The molecule has 1 aliphatic rings. The van der Waals surface area contributed by atoms with E-state index in [-0.39, 0.29) is 0 Å². The summed E-state index contributed by atoms with van der Waals surface area (Å²) in [4.78, 5) is 11.8. The van der Waals surface area contributed by atoms with E-state index in [9.17, 15) is 0 Å². The van der Waals surface area contributed by atoms with Crippen LogP contribution in [-0.4, -0.2) is 9.97 Å². The normalized spacial score (nSPS) is 12.8. The minimum absolute atomic E-state index is 0.487. The van der Waals surface area contributed by atoms with Crippen molar-refractivity contribution in [1.29, 1.82) is 0 Å². The molecule has 0 aliphatic heterocycles. The number of hydrogen-bond acceptors (Lipinski definition) is 3. The third kappa shape index (κ3) is 4.85. The monoisotopic (exact) mass is 680 g/mol. The van der Waals surface area contributed by atoms with Gasteiger partial charge >= 0.3 is 0 Å². The molecule has 0 fully saturated rings. The van der Waals surface area contributed by atoms with Gasteiger partial charge < -0.3 is 0 Å². The second-order valence-corrected chi connectivity index (χ2v) is 14.4. The largest absolute Gasteiger partial charge is 0.228 e. The summed E-state index contributed by atoms with van der Waals surface area (Å²) in [5, 5.41) is 1.22. The van der Waals surface area contributed by atoms with Gasteiger partial charge in [-0.25, -0.2) is 9.97 Å². The van der Waals surface area contributed by atoms with Crippen molar-refractivity contribution < 1.29 is 0 Å². The van der Waals surface area contributed by atoms with E-state index in [0.29, 0.717) is 5.82 Å². The molecule has 0 bridgehead atoms. The zero-order valence-electron chi connectivity index (χ0n) is 28.3. The first kappa shape index (κ1) is 30.4. The van der Waals surface area contributed by atoms with Gasteiger partial charge in [0.25, 0.3) is 0 Å². The summed E-state index contributed by atoms with van der Waals surface area (Å²) in [6.07, 6.45) is 0. The van der Waals surface area contributed by atoms with Crippen LogP contribution in [0.5, 0.6) is 0 Å². The SMILES string of the molecule is c1ccc(-c2cccc(-c3nc(-c4cc5ccccc5s4)cc(-c4cccc5c4-c4ccccc4C5(c4ccccc4)c4ccccc4)n3)c2)cc1. The van der Waals surface area contributed by atoms with Crippen LogP contribution in [0, 0.1) is 0 Å². The maximum atomic E-state index is 5.43. The van der Waals surface area contributed by atoms with Crippen molar-refractivity contribution in [2.75, 3.05) is 0 Å². The van der Waals surface area contributed by atoms with Gasteiger partial charge in [-0.05, 0) is 74.2 Å². The molecule has 0 radical (unpaired) electrons. The first-order chi connectivity index (χ1) is 25.8. The minimum Gasteiger partial charge on any atom is -0.228 e. The quantitative estimate of drug-likeness (QED) is 0.175. The molecule has 0 atom stereocenters. The summed E-state index contributed by atoms with van der Waals surface area (Å²) >= 11 is 1.78. The van der Waals surface area contributed by atoms with Crippen LogP contribution in [0.1, 0.15) is 22.3 Å². The zero-order chi connectivity index (χ0) is 34.5. The maximum absolute atomic E-state index is 5.43. The van der Waals surface area contributed by atoms with Gasteiger partial charge in [0.2, 0.25) is 0 Å². The van der Waals surface area contributed by atoms with Gasteiger partial charge in [-0.1, -0.05) is 170 Å². The fourth-order valence-electron chi connectivity index (χ4n) is 8.12. The summed E-state index contributed by atoms with van der Waals surface area (Å²) < 4.78 is 1.25. The fraction of sp³-hybridized carbons (Fsp3) is 0.0204. The van der Waals surface area contributed by atoms with Crippen molar-refractivity contribution in [3.63, 3.8) is 0 Å². The molecule has 7 aromatic carbocycles. The van der Waals surface area contributed by atoms with Crippen LogP contribution in [0.25, 0.3) is 65.6 Å². The fourth-order valence-corrected chi connectivity index (χ4v) is 9.15. The Morgan fingerprint density at radius 3 is 1.75 bits per heavy atom. The Morgan fingerprint density at radius 1 is 0.404 bits per heavy atom. The highest BCUT2D eigenvalue weighted by Gasteiger charge is 2.46. The van der Waals surface area contributed by atoms with E-state index >= 15 is 0 Å². The van der Waals surface area contributed by atoms with Crippen molar-refractivity contribution in [2.45, 2.75) is 5.41 Å². The number of benzene rings is 7. The lowest BCUT2D eigenvalue weighted by Gasteiger charge is -2.33. The molecular formula is C49H32N2S. The predicted molar refractivity (Wildman–Crippen MR) is 216 cm³/mol. The van der Waals surface area contributed by atoms with Crippen molar-refractivity contribution in [2.24, 2.45) is 0 Å². The molecule has 3 heteroatoms. The van der Waals surface area contributed by atoms with E-state index in [0.717, 1.165) is 33.0 Å². The molecule has 0 saturated heterocycles. The van der Waals surface area contributed by atoms with E-state index in [2.05, 4.69) is 194 Å². The van der Waals surface area contributed by atoms with Crippen LogP contribution in [-0.2, 0) is 5.41 Å². The minimum atomic E-state index is -0.487. The number of aromatic nitrogens is 2. The van der Waals surface area contributed by atoms with Crippen molar-refractivity contribution >= 4 is 21.4 Å². The smallest absolute Gasteiger partial charge is 0.160 e. The predicted octanol–water partition coefficient (Wildman–Crippen LogP) is 12.7. The lowest BCUT2D eigenvalue weighted by molar-refractivity contribution is 0.768. The summed E-state index contributed by atoms with van der Waals surface area (Å²) in [6.45, 7) is 0. The summed E-state index contributed by atoms with van der Waals surface area (Å²) in [6, 6.07) is 69.7. The first-order valence-electron chi connectivity index (χ1n) is 17.7. The Kier molecular flexibility index (Phi) is 7.26. The molecule has 52 heavy (non-hydrogen) atoms. The van der Waals surface area contributed by atoms with E-state index in [1.54, 1.807) is 11.3 Å². The molecule has 244 valence electrons. The summed E-state index contributed by atoms with van der Waals surface area (Å²) in [5.41, 5.74) is 13.2. The van der Waals surface area contributed by atoms with Gasteiger partial charge in [-0.15, -0.1) is 11.3 Å². The molecule has 0 amide bonds. The molecule has 2 heterocycles. The van der Waals surface area contributed by atoms with Gasteiger partial charge in [0.15, 0.2) is 5.82 Å². The number of hydrogen-bond donors (Lipinski definition) is 0. The average molecular weight is 681 g/mol. The molecule has 0 spiro atoms. The van der Waals surface area contributed by atoms with Crippen LogP contribution < -0.4 is 0 Å². The lowest BCUT2D eigenvalue weighted by Crippen LogP contribution is -2.28. The lowest BCUT2D eigenvalue weighted by atomic mass is 9.67. The highest BCUT2D eigenvalue weighted by Crippen LogP contribution is 2.58. The Hall–Kier alpha value is -6.42. The highest BCUT2D eigenvalue weighted by molar-refractivity contribution is 7.22. The molecule has 1 aliphatic carbocycles. The zero-order valence-corrected chi connectivity index (χ0v) is 29.1. The second kappa shape index (κ2) is 12.4. The molecule has 9 aromatic rings. The standard InChI is InChI=1S/C49H32N2S/c1-4-16-33(17-5-1)34-19-14-20-36(30-34)48-50-43(32-44(51-48)46-31-35-18-10-13-29-45(35)52-46)40-26-15-28-42-47(40)39-25-11-12-27-41(39)49(42,37-21-6-2-7-22-37)38-23-8-3-9-24-38/h1-32H. The Bertz CT molecular complexity index is 2660. The van der Waals surface area contributed by atoms with Crippen LogP contribution >= 0.6 is 11.3 Å². The topological polar surface area (TPSA) is 25.8 Å². The van der Waals surface area contributed by atoms with Gasteiger partial charge in [-0.2, -0.15) is 0 Å². The molecule has 0 saturated carbocycles. The third-order valence-electron chi connectivity index (χ3n) is 10.4. The van der Waals surface area contributed by atoms with Crippen molar-refractivity contribution in [3.8, 4) is 55.5 Å². The second-order valence-electron chi connectivity index (χ2n) is 13.3. The van der Waals surface area contributed by atoms with Crippen LogP contribution in [0.3, 0.4) is 0 Å². The number of rotatable bonds is 6. The molecule has 10 rings (SSSR count). The third-order valence-corrected chi connectivity index (χ3v) is 11.5. The summed E-state index contributed by atoms with van der Waals surface area (Å²) in [5.74, 6) is 0.712.